The summed E-state index contributed by atoms with van der Waals surface area (Å²) in [4.78, 5) is 4.56. The van der Waals surface area contributed by atoms with Crippen LogP contribution < -0.4 is 10.5 Å². The zero-order chi connectivity index (χ0) is 15.5. The van der Waals surface area contributed by atoms with Gasteiger partial charge in [0.25, 0.3) is 0 Å². The van der Waals surface area contributed by atoms with Gasteiger partial charge >= 0.3 is 0 Å². The zero-order valence-corrected chi connectivity index (χ0v) is 13.7. The van der Waals surface area contributed by atoms with Crippen molar-refractivity contribution in [3.63, 3.8) is 0 Å². The van der Waals surface area contributed by atoms with Gasteiger partial charge in [0, 0.05) is 11.9 Å². The van der Waals surface area contributed by atoms with Gasteiger partial charge in [-0.3, -0.25) is 0 Å². The number of benzene rings is 1. The van der Waals surface area contributed by atoms with E-state index in [4.69, 9.17) is 5.73 Å². The molecule has 0 atom stereocenters. The van der Waals surface area contributed by atoms with Gasteiger partial charge in [-0.05, 0) is 30.5 Å². The summed E-state index contributed by atoms with van der Waals surface area (Å²) in [5.74, 6) is 0. The average Bonchev–Trinajstić information content (AvgIpc) is 2.90. The molecule has 0 radical (unpaired) electrons. The number of rotatable bonds is 6. The van der Waals surface area contributed by atoms with Gasteiger partial charge < -0.3 is 5.73 Å². The first-order valence-electron chi connectivity index (χ1n) is 6.68. The average molecular weight is 325 g/mol. The molecule has 0 bridgehead atoms. The highest BCUT2D eigenvalue weighted by molar-refractivity contribution is 7.89. The van der Waals surface area contributed by atoms with Gasteiger partial charge in [-0.25, -0.2) is 18.1 Å². The van der Waals surface area contributed by atoms with Crippen LogP contribution in [0.4, 0.5) is 0 Å². The van der Waals surface area contributed by atoms with Gasteiger partial charge in [0.2, 0.25) is 10.0 Å². The molecule has 2 rings (SSSR count). The number of thiazole rings is 1. The van der Waals surface area contributed by atoms with Crippen molar-refractivity contribution in [2.75, 3.05) is 0 Å². The number of hydrogen-bond acceptors (Lipinski definition) is 5. The van der Waals surface area contributed by atoms with Crippen LogP contribution in [0.5, 0.6) is 0 Å². The quantitative estimate of drug-likeness (QED) is 0.850. The van der Waals surface area contributed by atoms with E-state index in [1.807, 2.05) is 31.4 Å². The van der Waals surface area contributed by atoms with Gasteiger partial charge in [0.15, 0.2) is 0 Å². The Balaban J connectivity index is 2.26. The highest BCUT2D eigenvalue weighted by Crippen LogP contribution is 2.19. The molecule has 21 heavy (non-hydrogen) atoms. The Bertz CT molecular complexity index is 724. The van der Waals surface area contributed by atoms with Crippen molar-refractivity contribution in [2.24, 2.45) is 5.73 Å². The van der Waals surface area contributed by atoms with Gasteiger partial charge in [-0.2, -0.15) is 0 Å². The fourth-order valence-electron chi connectivity index (χ4n) is 2.00. The Labute approximate surface area is 129 Å². The molecule has 2 aromatic rings. The predicted octanol–water partition coefficient (Wildman–Crippen LogP) is 1.95. The van der Waals surface area contributed by atoms with E-state index in [1.165, 1.54) is 11.3 Å². The highest BCUT2D eigenvalue weighted by Gasteiger charge is 2.18. The molecular formula is C14H19N3O2S2. The lowest BCUT2D eigenvalue weighted by Crippen LogP contribution is -2.24. The van der Waals surface area contributed by atoms with E-state index in [0.29, 0.717) is 17.9 Å². The molecule has 1 heterocycles. The molecule has 1 aromatic heterocycles. The summed E-state index contributed by atoms with van der Waals surface area (Å²) in [7, 11) is -3.57. The number of aromatic nitrogens is 1. The number of sulfonamides is 1. The molecule has 0 saturated heterocycles. The lowest BCUT2D eigenvalue weighted by atomic mass is 10.1. The topological polar surface area (TPSA) is 85.1 Å². The Morgan fingerprint density at radius 2 is 2.14 bits per heavy atom. The van der Waals surface area contributed by atoms with Gasteiger partial charge in [0.05, 0.1) is 22.1 Å². The van der Waals surface area contributed by atoms with E-state index >= 15 is 0 Å². The monoisotopic (exact) mass is 325 g/mol. The van der Waals surface area contributed by atoms with Crippen LogP contribution in [0, 0.1) is 6.92 Å². The Morgan fingerprint density at radius 1 is 1.38 bits per heavy atom. The first kappa shape index (κ1) is 16.1. The number of hydrogen-bond donors (Lipinski definition) is 2. The molecule has 0 aliphatic rings. The van der Waals surface area contributed by atoms with Gasteiger partial charge in [-0.15, -0.1) is 11.3 Å². The minimum Gasteiger partial charge on any atom is -0.326 e. The molecule has 1 aromatic carbocycles. The van der Waals surface area contributed by atoms with Crippen LogP contribution in [0.15, 0.2) is 28.5 Å². The van der Waals surface area contributed by atoms with E-state index in [1.54, 1.807) is 6.07 Å². The second-order valence-electron chi connectivity index (χ2n) is 4.68. The zero-order valence-electron chi connectivity index (χ0n) is 12.1. The molecule has 0 aliphatic carbocycles. The maximum atomic E-state index is 12.5. The van der Waals surface area contributed by atoms with Crippen LogP contribution in [0.1, 0.15) is 28.8 Å². The van der Waals surface area contributed by atoms with Crippen molar-refractivity contribution >= 4 is 21.4 Å². The van der Waals surface area contributed by atoms with Gasteiger partial charge in [0.1, 0.15) is 0 Å². The molecule has 0 spiro atoms. The number of nitrogens with zero attached hydrogens (tertiary/aromatic N) is 1. The standard InChI is InChI=1S/C14H19N3O2S2/c1-3-12-5-4-11(7-15)6-14(12)21(18,19)16-8-13-9-20-10(2)17-13/h4-6,9,16H,3,7-8,15H2,1-2H3. The molecule has 0 unspecified atom stereocenters. The number of aryl methyl sites for hydroxylation is 2. The first-order valence-corrected chi connectivity index (χ1v) is 9.05. The fraction of sp³-hybridized carbons (Fsp3) is 0.357. The van der Waals surface area contributed by atoms with E-state index in [0.717, 1.165) is 21.8 Å². The summed E-state index contributed by atoms with van der Waals surface area (Å²) in [6.07, 6.45) is 0.650. The van der Waals surface area contributed by atoms with Crippen molar-refractivity contribution in [1.29, 1.82) is 0 Å². The van der Waals surface area contributed by atoms with Crippen LogP contribution in [0.25, 0.3) is 0 Å². The lowest BCUT2D eigenvalue weighted by molar-refractivity contribution is 0.579. The maximum Gasteiger partial charge on any atom is 0.241 e. The number of nitrogens with one attached hydrogen (secondary N) is 1. The normalized spacial score (nSPS) is 11.8. The molecular weight excluding hydrogens is 306 g/mol. The minimum atomic E-state index is -3.57. The van der Waals surface area contributed by atoms with Gasteiger partial charge in [-0.1, -0.05) is 19.1 Å². The molecule has 3 N–H and O–H groups in total. The van der Waals surface area contributed by atoms with E-state index in [2.05, 4.69) is 9.71 Å². The lowest BCUT2D eigenvalue weighted by Gasteiger charge is -2.11. The van der Waals surface area contributed by atoms with Crippen molar-refractivity contribution < 1.29 is 8.42 Å². The van der Waals surface area contributed by atoms with E-state index in [-0.39, 0.29) is 6.54 Å². The smallest absolute Gasteiger partial charge is 0.241 e. The molecule has 0 amide bonds. The van der Waals surface area contributed by atoms with Crippen molar-refractivity contribution in [3.8, 4) is 0 Å². The summed E-state index contributed by atoms with van der Waals surface area (Å²) in [5, 5.41) is 2.78. The van der Waals surface area contributed by atoms with Crippen molar-refractivity contribution in [2.45, 2.75) is 38.3 Å². The van der Waals surface area contributed by atoms with Crippen molar-refractivity contribution in [1.82, 2.24) is 9.71 Å². The molecule has 0 aliphatic heterocycles. The van der Waals surface area contributed by atoms with Crippen LogP contribution in [-0.4, -0.2) is 13.4 Å². The van der Waals surface area contributed by atoms with E-state index in [9.17, 15) is 8.42 Å². The second-order valence-corrected chi connectivity index (χ2v) is 7.48. The fourth-order valence-corrected chi connectivity index (χ4v) is 3.97. The Kier molecular flexibility index (Phi) is 5.10. The molecule has 0 fully saturated rings. The summed E-state index contributed by atoms with van der Waals surface area (Å²) in [6.45, 7) is 4.34. The SMILES string of the molecule is CCc1ccc(CN)cc1S(=O)(=O)NCc1csc(C)n1. The second kappa shape index (κ2) is 6.65. The third kappa shape index (κ3) is 3.88. The van der Waals surface area contributed by atoms with Crippen LogP contribution in [-0.2, 0) is 29.5 Å². The summed E-state index contributed by atoms with van der Waals surface area (Å²) >= 11 is 1.50. The largest absolute Gasteiger partial charge is 0.326 e. The molecule has 5 nitrogen and oxygen atoms in total. The van der Waals surface area contributed by atoms with Crippen molar-refractivity contribution in [3.05, 3.63) is 45.4 Å². The maximum absolute atomic E-state index is 12.5. The molecule has 7 heteroatoms. The number of nitrogens with two attached hydrogens (primary N) is 1. The highest BCUT2D eigenvalue weighted by atomic mass is 32.2. The third-order valence-corrected chi connectivity index (χ3v) is 5.45. The summed E-state index contributed by atoms with van der Waals surface area (Å²) in [6, 6.07) is 5.33. The third-order valence-electron chi connectivity index (χ3n) is 3.15. The van der Waals surface area contributed by atoms with E-state index < -0.39 is 10.0 Å². The van der Waals surface area contributed by atoms with Crippen LogP contribution in [0.2, 0.25) is 0 Å². The summed E-state index contributed by atoms with van der Waals surface area (Å²) < 4.78 is 27.6. The minimum absolute atomic E-state index is 0.197. The summed E-state index contributed by atoms with van der Waals surface area (Å²) in [5.41, 5.74) is 7.92. The first-order chi connectivity index (χ1) is 9.96. The Morgan fingerprint density at radius 3 is 2.71 bits per heavy atom. The Hall–Kier alpha value is -1.28. The van der Waals surface area contributed by atoms with Crippen LogP contribution >= 0.6 is 11.3 Å². The van der Waals surface area contributed by atoms with Crippen LogP contribution in [0.3, 0.4) is 0 Å². The predicted molar refractivity (Wildman–Crippen MR) is 84.6 cm³/mol. The molecule has 114 valence electrons. The molecule has 0 saturated carbocycles.